The molecule has 2 aliphatic heterocycles. The van der Waals surface area contributed by atoms with E-state index in [0.29, 0.717) is 6.04 Å². The van der Waals surface area contributed by atoms with Gasteiger partial charge < -0.3 is 14.8 Å². The monoisotopic (exact) mass is 307 g/mol. The quantitative estimate of drug-likeness (QED) is 0.917. The van der Waals surface area contributed by atoms with Gasteiger partial charge in [-0.25, -0.2) is 0 Å². The van der Waals surface area contributed by atoms with Gasteiger partial charge in [0.05, 0.1) is 7.11 Å². The van der Waals surface area contributed by atoms with Crippen LogP contribution in [-0.2, 0) is 0 Å². The second-order valence-electron chi connectivity index (χ2n) is 6.01. The molecule has 4 heteroatoms. The van der Waals surface area contributed by atoms with Crippen LogP contribution < -0.4 is 14.8 Å². The first-order chi connectivity index (χ1) is 10.3. The molecule has 3 nitrogen and oxygen atoms in total. The molecule has 0 aromatic heterocycles. The van der Waals surface area contributed by atoms with Gasteiger partial charge in [-0.2, -0.15) is 11.8 Å². The number of nitrogens with one attached hydrogen (secondary N) is 1. The van der Waals surface area contributed by atoms with Crippen LogP contribution in [0.15, 0.2) is 18.2 Å². The van der Waals surface area contributed by atoms with Crippen LogP contribution >= 0.6 is 11.8 Å². The largest absolute Gasteiger partial charge is 0.497 e. The van der Waals surface area contributed by atoms with Crippen LogP contribution in [0.25, 0.3) is 0 Å². The van der Waals surface area contributed by atoms with Crippen LogP contribution in [0.4, 0.5) is 0 Å². The van der Waals surface area contributed by atoms with Gasteiger partial charge >= 0.3 is 0 Å². The molecule has 2 aliphatic rings. The van der Waals surface area contributed by atoms with Crippen molar-refractivity contribution < 1.29 is 9.47 Å². The normalized spacial score (nSPS) is 23.4. The van der Waals surface area contributed by atoms with E-state index in [2.05, 4.69) is 24.4 Å². The van der Waals surface area contributed by atoms with Crippen molar-refractivity contribution in [3.63, 3.8) is 0 Å². The fourth-order valence-corrected chi connectivity index (χ4v) is 4.56. The summed E-state index contributed by atoms with van der Waals surface area (Å²) >= 11 is 2.05. The molecule has 21 heavy (non-hydrogen) atoms. The number of hydrogen-bond donors (Lipinski definition) is 1. The zero-order valence-electron chi connectivity index (χ0n) is 13.0. The predicted octanol–water partition coefficient (Wildman–Crippen LogP) is 3.78. The molecule has 1 saturated heterocycles. The molecule has 0 saturated carbocycles. The zero-order valence-corrected chi connectivity index (χ0v) is 13.8. The minimum Gasteiger partial charge on any atom is -0.497 e. The summed E-state index contributed by atoms with van der Waals surface area (Å²) in [6.07, 6.45) is 4.55. The van der Waals surface area contributed by atoms with Crippen LogP contribution in [-0.4, -0.2) is 30.8 Å². The molecular formula is C17H25NO2S. The van der Waals surface area contributed by atoms with E-state index in [9.17, 15) is 0 Å². The molecule has 0 amide bonds. The van der Waals surface area contributed by atoms with E-state index in [1.807, 2.05) is 17.8 Å². The van der Waals surface area contributed by atoms with Crippen molar-refractivity contribution in [3.8, 4) is 11.5 Å². The van der Waals surface area contributed by atoms with E-state index in [1.165, 1.54) is 17.1 Å². The number of benzene rings is 1. The Labute approximate surface area is 131 Å². The Balaban J connectivity index is 1.90. The Morgan fingerprint density at radius 3 is 2.90 bits per heavy atom. The third-order valence-corrected chi connectivity index (χ3v) is 5.53. The fourth-order valence-electron chi connectivity index (χ4n) is 3.33. The Morgan fingerprint density at radius 2 is 2.19 bits per heavy atom. The summed E-state index contributed by atoms with van der Waals surface area (Å²) in [4.78, 5) is 0. The summed E-state index contributed by atoms with van der Waals surface area (Å²) in [6, 6.07) is 6.60. The van der Waals surface area contributed by atoms with E-state index in [0.717, 1.165) is 43.7 Å². The highest BCUT2D eigenvalue weighted by Crippen LogP contribution is 2.46. The average Bonchev–Trinajstić information content (AvgIpc) is 2.53. The van der Waals surface area contributed by atoms with Crippen molar-refractivity contribution in [2.45, 2.75) is 44.2 Å². The predicted molar refractivity (Wildman–Crippen MR) is 88.6 cm³/mol. The highest BCUT2D eigenvalue weighted by Gasteiger charge is 2.41. The first-order valence-electron chi connectivity index (χ1n) is 7.94. The fraction of sp³-hybridized carbons (Fsp3) is 0.647. The lowest BCUT2D eigenvalue weighted by Gasteiger charge is -2.44. The van der Waals surface area contributed by atoms with Gasteiger partial charge in [0, 0.05) is 18.0 Å². The van der Waals surface area contributed by atoms with E-state index >= 15 is 0 Å². The van der Waals surface area contributed by atoms with Gasteiger partial charge in [-0.1, -0.05) is 6.92 Å². The van der Waals surface area contributed by atoms with Gasteiger partial charge in [-0.15, -0.1) is 0 Å². The molecular weight excluding hydrogens is 282 g/mol. The molecule has 0 aliphatic carbocycles. The number of methoxy groups -OCH3 is 1. The van der Waals surface area contributed by atoms with E-state index in [1.54, 1.807) is 7.11 Å². The second-order valence-corrected chi connectivity index (χ2v) is 7.24. The second kappa shape index (κ2) is 6.49. The highest BCUT2D eigenvalue weighted by molar-refractivity contribution is 7.99. The Morgan fingerprint density at radius 1 is 1.38 bits per heavy atom. The smallest absolute Gasteiger partial charge is 0.125 e. The number of ether oxygens (including phenoxy) is 2. The maximum atomic E-state index is 6.46. The summed E-state index contributed by atoms with van der Waals surface area (Å²) in [5.74, 6) is 4.39. The van der Waals surface area contributed by atoms with Gasteiger partial charge in [0.15, 0.2) is 0 Å². The Kier molecular flexibility index (Phi) is 4.65. The first kappa shape index (κ1) is 15.0. The average molecular weight is 307 g/mol. The molecule has 1 unspecified atom stereocenters. The maximum absolute atomic E-state index is 6.46. The number of thioether (sulfide) groups is 1. The zero-order chi connectivity index (χ0) is 14.7. The summed E-state index contributed by atoms with van der Waals surface area (Å²) in [5, 5.41) is 3.71. The third kappa shape index (κ3) is 3.16. The van der Waals surface area contributed by atoms with Crippen molar-refractivity contribution in [3.05, 3.63) is 23.8 Å². The van der Waals surface area contributed by atoms with Crippen LogP contribution in [0.2, 0.25) is 0 Å². The summed E-state index contributed by atoms with van der Waals surface area (Å²) < 4.78 is 11.8. The highest BCUT2D eigenvalue weighted by atomic mass is 32.2. The molecule has 0 radical (unpaired) electrons. The minimum absolute atomic E-state index is 0.0399. The molecule has 1 spiro atoms. The van der Waals surface area contributed by atoms with Gasteiger partial charge in [-0.05, 0) is 55.5 Å². The van der Waals surface area contributed by atoms with Crippen molar-refractivity contribution >= 4 is 11.8 Å². The standard InChI is InChI=1S/C17H25NO2S/c1-3-8-18-15-12-17(6-9-21-10-7-17)20-16-5-4-13(19-2)11-14(15)16/h4-5,11,15,18H,3,6-10,12H2,1-2H3. The molecule has 116 valence electrons. The summed E-state index contributed by atoms with van der Waals surface area (Å²) in [5.41, 5.74) is 1.30. The number of fused-ring (bicyclic) bond motifs is 1. The van der Waals surface area contributed by atoms with E-state index in [-0.39, 0.29) is 5.60 Å². The molecule has 2 heterocycles. The lowest BCUT2D eigenvalue weighted by Crippen LogP contribution is -2.46. The third-order valence-electron chi connectivity index (χ3n) is 4.54. The number of rotatable bonds is 4. The Hall–Kier alpha value is -0.870. The molecule has 1 atom stereocenters. The van der Waals surface area contributed by atoms with Crippen LogP contribution in [0.5, 0.6) is 11.5 Å². The topological polar surface area (TPSA) is 30.5 Å². The molecule has 1 N–H and O–H groups in total. The summed E-state index contributed by atoms with van der Waals surface area (Å²) in [6.45, 7) is 3.26. The molecule has 1 fully saturated rings. The van der Waals surface area contributed by atoms with Gasteiger partial charge in [0.25, 0.3) is 0 Å². The van der Waals surface area contributed by atoms with E-state index < -0.39 is 0 Å². The van der Waals surface area contributed by atoms with E-state index in [4.69, 9.17) is 9.47 Å². The van der Waals surface area contributed by atoms with Gasteiger partial charge in [0.2, 0.25) is 0 Å². The first-order valence-corrected chi connectivity index (χ1v) is 9.10. The van der Waals surface area contributed by atoms with Crippen molar-refractivity contribution in [1.29, 1.82) is 0 Å². The van der Waals surface area contributed by atoms with Crippen molar-refractivity contribution in [2.75, 3.05) is 25.2 Å². The van der Waals surface area contributed by atoms with Gasteiger partial charge in [0.1, 0.15) is 17.1 Å². The lowest BCUT2D eigenvalue weighted by molar-refractivity contribution is 0.0225. The summed E-state index contributed by atoms with van der Waals surface area (Å²) in [7, 11) is 1.72. The number of hydrogen-bond acceptors (Lipinski definition) is 4. The van der Waals surface area contributed by atoms with Crippen LogP contribution in [0.1, 0.15) is 44.2 Å². The van der Waals surface area contributed by atoms with Crippen LogP contribution in [0, 0.1) is 0 Å². The van der Waals surface area contributed by atoms with Crippen molar-refractivity contribution in [2.24, 2.45) is 0 Å². The minimum atomic E-state index is 0.0399. The van der Waals surface area contributed by atoms with Crippen LogP contribution in [0.3, 0.4) is 0 Å². The lowest BCUT2D eigenvalue weighted by atomic mass is 9.83. The SMILES string of the molecule is CCCNC1CC2(CCSCC2)Oc2ccc(OC)cc21. The van der Waals surface area contributed by atoms with Crippen molar-refractivity contribution in [1.82, 2.24) is 5.32 Å². The maximum Gasteiger partial charge on any atom is 0.125 e. The van der Waals surface area contributed by atoms with Gasteiger partial charge in [-0.3, -0.25) is 0 Å². The molecule has 1 aromatic carbocycles. The molecule has 3 rings (SSSR count). The Bertz CT molecular complexity index is 486. The molecule has 1 aromatic rings. The molecule has 0 bridgehead atoms.